The molecule has 0 amide bonds. The summed E-state index contributed by atoms with van der Waals surface area (Å²) in [4.78, 5) is 23.6. The van der Waals surface area contributed by atoms with Gasteiger partial charge in [-0.1, -0.05) is 34.1 Å². The van der Waals surface area contributed by atoms with Crippen LogP contribution in [-0.4, -0.2) is 41.0 Å². The lowest BCUT2D eigenvalue weighted by atomic mass is 10.2. The Morgan fingerprint density at radius 2 is 1.85 bits per heavy atom. The molecule has 0 aliphatic rings. The Kier molecular flexibility index (Phi) is 6.45. The SMILES string of the molecule is Cc1cc(C)n(-c2nc(NN=Cc3cc(Br)cc([N+](=O)[O-])c3O)nc(Nc3ccccc3)n2)n1. The number of nitrogens with zero attached hydrogens (tertiary/aromatic N) is 7. The van der Waals surface area contributed by atoms with Crippen LogP contribution in [0.2, 0.25) is 0 Å². The minimum absolute atomic E-state index is 0.0937. The lowest BCUT2D eigenvalue weighted by Crippen LogP contribution is -2.11. The van der Waals surface area contributed by atoms with Crippen molar-refractivity contribution in [1.29, 1.82) is 0 Å². The van der Waals surface area contributed by atoms with Crippen LogP contribution < -0.4 is 10.7 Å². The molecule has 4 aromatic rings. The van der Waals surface area contributed by atoms with Crippen molar-refractivity contribution in [2.75, 3.05) is 10.7 Å². The molecule has 0 bridgehead atoms. The Bertz CT molecular complexity index is 1390. The van der Waals surface area contributed by atoms with Crippen molar-refractivity contribution in [3.8, 4) is 11.7 Å². The molecule has 0 aliphatic heterocycles. The number of anilines is 3. The van der Waals surface area contributed by atoms with Gasteiger partial charge in [0.05, 0.1) is 16.8 Å². The summed E-state index contributed by atoms with van der Waals surface area (Å²) < 4.78 is 1.99. The van der Waals surface area contributed by atoms with Crippen LogP contribution in [0.5, 0.6) is 5.75 Å². The highest BCUT2D eigenvalue weighted by atomic mass is 79.9. The number of hydrogen-bond donors (Lipinski definition) is 3. The Morgan fingerprint density at radius 1 is 1.12 bits per heavy atom. The van der Waals surface area contributed by atoms with Crippen molar-refractivity contribution in [3.05, 3.63) is 80.1 Å². The molecule has 34 heavy (non-hydrogen) atoms. The molecular weight excluding hydrogens is 506 g/mol. The minimum atomic E-state index is -0.682. The van der Waals surface area contributed by atoms with Crippen LogP contribution in [0.4, 0.5) is 23.3 Å². The second-order valence-electron chi connectivity index (χ2n) is 7.10. The number of para-hydroxylation sites is 1. The smallest absolute Gasteiger partial charge is 0.312 e. The minimum Gasteiger partial charge on any atom is -0.502 e. The quantitative estimate of drug-likeness (QED) is 0.183. The molecule has 0 radical (unpaired) electrons. The first-order valence-corrected chi connectivity index (χ1v) is 10.7. The van der Waals surface area contributed by atoms with Crippen LogP contribution >= 0.6 is 15.9 Å². The molecule has 0 spiro atoms. The van der Waals surface area contributed by atoms with E-state index in [-0.39, 0.29) is 23.4 Å². The summed E-state index contributed by atoms with van der Waals surface area (Å²) in [7, 11) is 0. The molecule has 2 aromatic carbocycles. The number of nitro benzene ring substituents is 1. The Balaban J connectivity index is 1.67. The topological polar surface area (TPSA) is 156 Å². The summed E-state index contributed by atoms with van der Waals surface area (Å²) in [5.41, 5.74) is 4.76. The Hall–Kier alpha value is -4.39. The maximum absolute atomic E-state index is 11.1. The summed E-state index contributed by atoms with van der Waals surface area (Å²) in [6, 6.07) is 13.9. The molecular formula is C21H18BrN9O3. The molecule has 12 nitrogen and oxygen atoms in total. The number of nitro groups is 1. The van der Waals surface area contributed by atoms with Gasteiger partial charge in [0.15, 0.2) is 0 Å². The number of aromatic nitrogens is 5. The third-order valence-electron chi connectivity index (χ3n) is 4.50. The monoisotopic (exact) mass is 523 g/mol. The molecule has 2 heterocycles. The molecule has 172 valence electrons. The number of aryl methyl sites for hydroxylation is 2. The average molecular weight is 524 g/mol. The lowest BCUT2D eigenvalue weighted by molar-refractivity contribution is -0.385. The average Bonchev–Trinajstić information content (AvgIpc) is 3.14. The number of aromatic hydroxyl groups is 1. The first-order chi connectivity index (χ1) is 16.3. The highest BCUT2D eigenvalue weighted by Gasteiger charge is 2.18. The number of phenols is 1. The van der Waals surface area contributed by atoms with E-state index in [1.165, 1.54) is 18.3 Å². The fourth-order valence-electron chi connectivity index (χ4n) is 3.05. The van der Waals surface area contributed by atoms with E-state index in [4.69, 9.17) is 0 Å². The number of rotatable bonds is 7. The maximum atomic E-state index is 11.1. The maximum Gasteiger partial charge on any atom is 0.312 e. The van der Waals surface area contributed by atoms with E-state index in [1.54, 1.807) is 4.68 Å². The summed E-state index contributed by atoms with van der Waals surface area (Å²) in [5, 5.41) is 32.9. The zero-order chi connectivity index (χ0) is 24.2. The zero-order valence-electron chi connectivity index (χ0n) is 18.0. The van der Waals surface area contributed by atoms with Gasteiger partial charge in [-0.25, -0.2) is 10.1 Å². The van der Waals surface area contributed by atoms with E-state index >= 15 is 0 Å². The first kappa shape index (κ1) is 22.8. The van der Waals surface area contributed by atoms with Gasteiger partial charge in [0.2, 0.25) is 17.6 Å². The third-order valence-corrected chi connectivity index (χ3v) is 4.96. The van der Waals surface area contributed by atoms with E-state index in [2.05, 4.69) is 51.8 Å². The molecule has 4 rings (SSSR count). The summed E-state index contributed by atoms with van der Waals surface area (Å²) in [6.07, 6.45) is 1.23. The van der Waals surface area contributed by atoms with Crippen molar-refractivity contribution in [2.45, 2.75) is 13.8 Å². The van der Waals surface area contributed by atoms with Crippen LogP contribution in [-0.2, 0) is 0 Å². The van der Waals surface area contributed by atoms with E-state index in [0.717, 1.165) is 17.1 Å². The third kappa shape index (κ3) is 5.15. The standard InChI is InChI=1S/C21H18BrN9O3/c1-12-8-13(2)30(29-12)21-26-19(24-16-6-4-3-5-7-16)25-20(27-21)28-23-11-14-9-15(22)10-17(18(14)32)31(33)34/h3-11,32H,1-2H3,(H2,24,25,26,27,28). The van der Waals surface area contributed by atoms with Gasteiger partial charge in [-0.15, -0.1) is 0 Å². The Morgan fingerprint density at radius 3 is 2.53 bits per heavy atom. The molecule has 2 aromatic heterocycles. The number of phenolic OH excluding ortho intramolecular Hbond substituents is 1. The van der Waals surface area contributed by atoms with Gasteiger partial charge in [-0.05, 0) is 38.1 Å². The second-order valence-corrected chi connectivity index (χ2v) is 8.02. The summed E-state index contributed by atoms with van der Waals surface area (Å²) >= 11 is 3.19. The zero-order valence-corrected chi connectivity index (χ0v) is 19.6. The predicted molar refractivity (Wildman–Crippen MR) is 130 cm³/mol. The van der Waals surface area contributed by atoms with E-state index < -0.39 is 16.4 Å². The number of benzene rings is 2. The number of hydrogen-bond acceptors (Lipinski definition) is 10. The van der Waals surface area contributed by atoms with Crippen LogP contribution in [0.3, 0.4) is 0 Å². The van der Waals surface area contributed by atoms with Crippen molar-refractivity contribution in [2.24, 2.45) is 5.10 Å². The van der Waals surface area contributed by atoms with Crippen molar-refractivity contribution in [1.82, 2.24) is 24.7 Å². The van der Waals surface area contributed by atoms with E-state index in [1.807, 2.05) is 50.2 Å². The highest BCUT2D eigenvalue weighted by molar-refractivity contribution is 9.10. The molecule has 0 saturated heterocycles. The highest BCUT2D eigenvalue weighted by Crippen LogP contribution is 2.32. The van der Waals surface area contributed by atoms with Gasteiger partial charge in [0.1, 0.15) is 0 Å². The van der Waals surface area contributed by atoms with Crippen molar-refractivity contribution >= 4 is 45.4 Å². The molecule has 0 aliphatic carbocycles. The number of nitrogens with one attached hydrogen (secondary N) is 2. The van der Waals surface area contributed by atoms with Gasteiger partial charge in [-0.3, -0.25) is 10.1 Å². The van der Waals surface area contributed by atoms with Crippen LogP contribution in [0, 0.1) is 24.0 Å². The predicted octanol–water partition coefficient (Wildman–Crippen LogP) is 4.24. The fourth-order valence-corrected chi connectivity index (χ4v) is 3.51. The normalized spacial score (nSPS) is 11.0. The van der Waals surface area contributed by atoms with Gasteiger partial charge in [0.25, 0.3) is 5.95 Å². The number of hydrazone groups is 1. The largest absolute Gasteiger partial charge is 0.502 e. The van der Waals surface area contributed by atoms with Crippen LogP contribution in [0.1, 0.15) is 17.0 Å². The fraction of sp³-hybridized carbons (Fsp3) is 0.0952. The van der Waals surface area contributed by atoms with Gasteiger partial charge in [-0.2, -0.15) is 25.2 Å². The summed E-state index contributed by atoms with van der Waals surface area (Å²) in [6.45, 7) is 3.74. The second kappa shape index (κ2) is 9.62. The lowest BCUT2D eigenvalue weighted by Gasteiger charge is -2.09. The summed E-state index contributed by atoms with van der Waals surface area (Å²) in [5.74, 6) is 0.0976. The van der Waals surface area contributed by atoms with E-state index in [0.29, 0.717) is 4.47 Å². The van der Waals surface area contributed by atoms with Gasteiger partial charge < -0.3 is 10.4 Å². The molecule has 0 fully saturated rings. The molecule has 13 heteroatoms. The number of halogens is 1. The van der Waals surface area contributed by atoms with Gasteiger partial charge in [0, 0.05) is 27.5 Å². The van der Waals surface area contributed by atoms with E-state index in [9.17, 15) is 15.2 Å². The Labute approximate surface area is 201 Å². The van der Waals surface area contributed by atoms with Crippen molar-refractivity contribution in [3.63, 3.8) is 0 Å². The van der Waals surface area contributed by atoms with Crippen LogP contribution in [0.25, 0.3) is 5.95 Å². The van der Waals surface area contributed by atoms with Crippen LogP contribution in [0.15, 0.2) is 58.1 Å². The molecule has 3 N–H and O–H groups in total. The first-order valence-electron chi connectivity index (χ1n) is 9.88. The van der Waals surface area contributed by atoms with Gasteiger partial charge >= 0.3 is 5.69 Å². The molecule has 0 atom stereocenters. The molecule has 0 unspecified atom stereocenters. The molecule has 0 saturated carbocycles. The van der Waals surface area contributed by atoms with Crippen molar-refractivity contribution < 1.29 is 10.0 Å².